The van der Waals surface area contributed by atoms with Crippen LogP contribution in [0.1, 0.15) is 35.2 Å². The Morgan fingerprint density at radius 3 is 2.62 bits per heavy atom. The van der Waals surface area contributed by atoms with Gasteiger partial charge in [-0.15, -0.1) is 0 Å². The van der Waals surface area contributed by atoms with Crippen LogP contribution in [0.2, 0.25) is 5.82 Å². The van der Waals surface area contributed by atoms with E-state index < -0.39 is 30.0 Å². The first-order valence-corrected chi connectivity index (χ1v) is 11.1. The Kier molecular flexibility index (Phi) is 6.01. The van der Waals surface area contributed by atoms with E-state index in [1.54, 1.807) is 33.2 Å². The molecule has 2 heterocycles. The molecule has 0 radical (unpaired) electrons. The van der Waals surface area contributed by atoms with Gasteiger partial charge in [0, 0.05) is 33.7 Å². The van der Waals surface area contributed by atoms with Gasteiger partial charge in [-0.3, -0.25) is 14.5 Å². The van der Waals surface area contributed by atoms with Crippen molar-refractivity contribution in [2.75, 3.05) is 40.3 Å². The molecule has 0 bridgehead atoms. The zero-order chi connectivity index (χ0) is 25.0. The molecule has 34 heavy (non-hydrogen) atoms. The molecule has 1 aliphatic carbocycles. The van der Waals surface area contributed by atoms with Crippen molar-refractivity contribution in [2.24, 2.45) is 5.73 Å². The van der Waals surface area contributed by atoms with E-state index in [2.05, 4.69) is 5.32 Å². The predicted octanol–water partition coefficient (Wildman–Crippen LogP) is -1.46. The first-order chi connectivity index (χ1) is 15.8. The van der Waals surface area contributed by atoms with Gasteiger partial charge in [-0.05, 0) is 24.5 Å². The summed E-state index contributed by atoms with van der Waals surface area (Å²) in [5.41, 5.74) is 5.33. The summed E-state index contributed by atoms with van der Waals surface area (Å²) in [7, 11) is 3.18. The number of carbonyl (C=O) groups excluding carboxylic acids is 2. The molecule has 2 fully saturated rings. The van der Waals surface area contributed by atoms with Crippen molar-refractivity contribution < 1.29 is 38.9 Å². The Morgan fingerprint density at radius 1 is 1.32 bits per heavy atom. The fourth-order valence-corrected chi connectivity index (χ4v) is 4.57. The fraction of sp³-hybridized carbons (Fsp3) is 0.571. The summed E-state index contributed by atoms with van der Waals surface area (Å²) in [6.45, 7) is -0.647. The highest BCUT2D eigenvalue weighted by atomic mass is 16.6. The van der Waals surface area contributed by atoms with Crippen LogP contribution in [-0.2, 0) is 9.59 Å². The lowest BCUT2D eigenvalue weighted by Crippen LogP contribution is -2.64. The molecule has 0 aromatic heterocycles. The molecular weight excluding hydrogens is 447 g/mol. The van der Waals surface area contributed by atoms with Gasteiger partial charge in [0.25, 0.3) is 0 Å². The lowest BCUT2D eigenvalue weighted by Gasteiger charge is -2.43. The molecule has 2 aliphatic heterocycles. The number of nitrogens with one attached hydrogen (secondary N) is 1. The minimum Gasteiger partial charge on any atom is -0.669 e. The summed E-state index contributed by atoms with van der Waals surface area (Å²) in [6, 6.07) is 3.28. The maximum absolute atomic E-state index is 12.4. The zero-order valence-corrected chi connectivity index (χ0v) is 19.4. The normalized spacial score (nSPS) is 24.4. The van der Waals surface area contributed by atoms with Gasteiger partial charge < -0.3 is 40.5 Å². The van der Waals surface area contributed by atoms with Gasteiger partial charge in [0.15, 0.2) is 0 Å². The Morgan fingerprint density at radius 2 is 2.00 bits per heavy atom. The quantitative estimate of drug-likeness (QED) is 0.279. The molecule has 12 nitrogen and oxygen atoms in total. The molecule has 4 rings (SSSR count). The number of benzene rings is 1. The molecule has 2 amide bonds. The SMILES string of the molecule is CN(C)C(=O)CNC(=O)[C@](C)(N)CN1CC(Oc2ccc3c(c2C(=O)O)O[B-](O)(O)[C@@H]2C[C@H]32)C1. The second kappa shape index (κ2) is 8.41. The van der Waals surface area contributed by atoms with Gasteiger partial charge in [0.2, 0.25) is 11.8 Å². The van der Waals surface area contributed by atoms with Gasteiger partial charge in [-0.25, -0.2) is 4.79 Å². The number of hydrogen-bond donors (Lipinski definition) is 5. The topological polar surface area (TPSA) is 175 Å². The number of carboxylic acids is 1. The standard InChI is InChI=1S/C21H30BN4O8/c1-21(23,20(30)24-7-16(27)25(2)3)10-26-8-11(9-26)33-15-5-4-12-13-6-14(13)22(31,32)34-18(12)17(15)19(28)29/h4-5,11,13-14,31-32H,6-10,23H2,1-3H3,(H,24,30)(H,28,29)/q-1/t13-,14-,21-/m1/s1. The van der Waals surface area contributed by atoms with Crippen molar-refractivity contribution in [3.05, 3.63) is 23.3 Å². The minimum absolute atomic E-state index is 0.0524. The van der Waals surface area contributed by atoms with Crippen LogP contribution in [0.5, 0.6) is 11.5 Å². The molecule has 0 unspecified atom stereocenters. The van der Waals surface area contributed by atoms with Gasteiger partial charge >= 0.3 is 12.7 Å². The molecule has 13 heteroatoms. The van der Waals surface area contributed by atoms with E-state index in [0.29, 0.717) is 25.1 Å². The highest BCUT2D eigenvalue weighted by Gasteiger charge is 2.55. The Hall–Kier alpha value is -2.87. The van der Waals surface area contributed by atoms with Crippen LogP contribution < -0.4 is 20.4 Å². The summed E-state index contributed by atoms with van der Waals surface area (Å²) < 4.78 is 11.2. The molecule has 6 N–H and O–H groups in total. The summed E-state index contributed by atoms with van der Waals surface area (Å²) >= 11 is 0. The van der Waals surface area contributed by atoms with Crippen LogP contribution in [0.4, 0.5) is 0 Å². The first-order valence-electron chi connectivity index (χ1n) is 11.1. The molecule has 1 aromatic carbocycles. The fourth-order valence-electron chi connectivity index (χ4n) is 4.57. The number of likely N-dealkylation sites (N-methyl/N-ethyl adjacent to an activating group) is 1. The van der Waals surface area contributed by atoms with E-state index in [4.69, 9.17) is 15.1 Å². The van der Waals surface area contributed by atoms with E-state index in [1.807, 2.05) is 4.90 Å². The van der Waals surface area contributed by atoms with E-state index in [1.165, 1.54) is 4.90 Å². The number of ether oxygens (including phenoxy) is 1. The first kappa shape index (κ1) is 24.3. The van der Waals surface area contributed by atoms with Crippen molar-refractivity contribution in [2.45, 2.75) is 36.7 Å². The van der Waals surface area contributed by atoms with Crippen LogP contribution in [0, 0.1) is 0 Å². The molecule has 186 valence electrons. The second-order valence-corrected chi connectivity index (χ2v) is 9.87. The summed E-state index contributed by atoms with van der Waals surface area (Å²) in [4.78, 5) is 39.3. The van der Waals surface area contributed by atoms with Crippen molar-refractivity contribution in [3.63, 3.8) is 0 Å². The third-order valence-electron chi connectivity index (χ3n) is 6.64. The highest BCUT2D eigenvalue weighted by molar-refractivity contribution is 6.62. The number of amides is 2. The van der Waals surface area contributed by atoms with Gasteiger partial charge in [-0.1, -0.05) is 18.3 Å². The molecular formula is C21H30BN4O8-. The van der Waals surface area contributed by atoms with E-state index in [0.717, 1.165) is 0 Å². The summed E-state index contributed by atoms with van der Waals surface area (Å²) in [6.07, 6.45) is 0.187. The third-order valence-corrected chi connectivity index (χ3v) is 6.64. The average molecular weight is 477 g/mol. The third kappa shape index (κ3) is 4.56. The number of carbonyl (C=O) groups is 3. The smallest absolute Gasteiger partial charge is 0.434 e. The monoisotopic (exact) mass is 477 g/mol. The number of fused-ring (bicyclic) bond motifs is 3. The minimum atomic E-state index is -3.11. The molecule has 0 spiro atoms. The number of likely N-dealkylation sites (tertiary alicyclic amines) is 1. The van der Waals surface area contributed by atoms with Crippen molar-refractivity contribution in [1.29, 1.82) is 0 Å². The van der Waals surface area contributed by atoms with Crippen LogP contribution in [0.15, 0.2) is 12.1 Å². The Balaban J connectivity index is 1.36. The van der Waals surface area contributed by atoms with Crippen LogP contribution in [-0.4, -0.2) is 101 Å². The second-order valence-electron chi connectivity index (χ2n) is 9.87. The van der Waals surface area contributed by atoms with E-state index in [-0.39, 0.29) is 48.1 Å². The largest absolute Gasteiger partial charge is 0.669 e. The number of carboxylic acid groups (broad SMARTS) is 1. The van der Waals surface area contributed by atoms with Crippen LogP contribution in [0.25, 0.3) is 0 Å². The molecule has 1 saturated carbocycles. The lowest BCUT2D eigenvalue weighted by molar-refractivity contribution is -0.133. The molecule has 3 atom stereocenters. The van der Waals surface area contributed by atoms with Gasteiger partial charge in [-0.2, -0.15) is 0 Å². The van der Waals surface area contributed by atoms with Crippen LogP contribution in [0.3, 0.4) is 0 Å². The van der Waals surface area contributed by atoms with E-state index in [9.17, 15) is 29.5 Å². The number of nitrogens with zero attached hydrogens (tertiary/aromatic N) is 2. The number of hydrogen-bond acceptors (Lipinski definition) is 9. The Labute approximate surface area is 196 Å². The predicted molar refractivity (Wildman–Crippen MR) is 120 cm³/mol. The van der Waals surface area contributed by atoms with Crippen molar-refractivity contribution in [1.82, 2.24) is 15.1 Å². The number of rotatable bonds is 8. The van der Waals surface area contributed by atoms with Crippen molar-refractivity contribution >= 4 is 24.5 Å². The van der Waals surface area contributed by atoms with Crippen molar-refractivity contribution in [3.8, 4) is 11.5 Å². The number of aromatic carboxylic acids is 1. The molecule has 1 saturated heterocycles. The molecule has 3 aliphatic rings. The lowest BCUT2D eigenvalue weighted by atomic mass is 9.68. The average Bonchev–Trinajstić information content (AvgIpc) is 3.51. The Bertz CT molecular complexity index is 1020. The zero-order valence-electron chi connectivity index (χ0n) is 19.4. The van der Waals surface area contributed by atoms with Crippen LogP contribution >= 0.6 is 0 Å². The maximum Gasteiger partial charge on any atom is 0.434 e. The highest BCUT2D eigenvalue weighted by Crippen LogP contribution is 2.63. The molecule has 1 aromatic rings. The van der Waals surface area contributed by atoms with Gasteiger partial charge in [0.05, 0.1) is 12.3 Å². The summed E-state index contributed by atoms with van der Waals surface area (Å²) in [5, 5.41) is 32.6. The summed E-state index contributed by atoms with van der Waals surface area (Å²) in [5.74, 6) is -2.50. The van der Waals surface area contributed by atoms with Gasteiger partial charge in [0.1, 0.15) is 23.0 Å². The van der Waals surface area contributed by atoms with E-state index >= 15 is 0 Å². The number of nitrogens with two attached hydrogens (primary N) is 1. The maximum atomic E-state index is 12.4.